The topological polar surface area (TPSA) is 40.9 Å². The predicted octanol–water partition coefficient (Wildman–Crippen LogP) is 4.09. The van der Waals surface area contributed by atoms with E-state index < -0.39 is 0 Å². The molecule has 0 radical (unpaired) electrons. The van der Waals surface area contributed by atoms with E-state index in [0.29, 0.717) is 24.3 Å². The summed E-state index contributed by atoms with van der Waals surface area (Å²) in [6.45, 7) is 13.8. The smallest absolute Gasteiger partial charge is 0.190 e. The molecule has 0 aromatic heterocycles. The minimum absolute atomic E-state index is 0.554. The fourth-order valence-electron chi connectivity index (χ4n) is 4.88. The van der Waals surface area contributed by atoms with Crippen molar-refractivity contribution in [1.82, 2.24) is 5.32 Å². The maximum absolute atomic E-state index is 7.23. The first-order valence-corrected chi connectivity index (χ1v) is 9.71. The quantitative estimate of drug-likeness (QED) is 0.792. The van der Waals surface area contributed by atoms with Crippen LogP contribution in [0.4, 0.5) is 22.7 Å². The van der Waals surface area contributed by atoms with Gasteiger partial charge in [-0.3, -0.25) is 0 Å². The first-order valence-electron chi connectivity index (χ1n) is 9.71. The zero-order chi connectivity index (χ0) is 18.4. The van der Waals surface area contributed by atoms with E-state index in [1.165, 1.54) is 23.2 Å². The number of anilines is 3. The molecule has 3 aliphatic rings. The normalized spacial score (nSPS) is 23.2. The van der Waals surface area contributed by atoms with E-state index in [4.69, 9.17) is 11.3 Å². The number of nitrogens with zero attached hydrogens (tertiary/aromatic N) is 2. The standard InChI is InChI=1S/C22H24N4O/c1-14-9-16(3-4-20(14)23-2)25-17-10-15-13-27-8-7-26-21-5-6-24-12-19(21)18(11-17)22(15)26/h3-4,9-11,19,21,24-25H,5-8,12-13H2,1H3/t19-,21-/m0/s1. The Hall–Kier alpha value is -2.55. The lowest BCUT2D eigenvalue weighted by molar-refractivity contribution is 0.130. The second-order valence-electron chi connectivity index (χ2n) is 7.72. The van der Waals surface area contributed by atoms with Gasteiger partial charge >= 0.3 is 0 Å². The second kappa shape index (κ2) is 6.56. The molecule has 2 N–H and O–H groups in total. The van der Waals surface area contributed by atoms with Crippen LogP contribution >= 0.6 is 0 Å². The molecule has 0 bridgehead atoms. The summed E-state index contributed by atoms with van der Waals surface area (Å²) in [5.74, 6) is 0.554. The van der Waals surface area contributed by atoms with Crippen molar-refractivity contribution in [2.75, 3.05) is 36.5 Å². The van der Waals surface area contributed by atoms with Crippen LogP contribution in [0.25, 0.3) is 4.85 Å². The number of benzene rings is 2. The summed E-state index contributed by atoms with van der Waals surface area (Å²) in [7, 11) is 0. The van der Waals surface area contributed by atoms with Crippen molar-refractivity contribution in [3.8, 4) is 0 Å². The molecular formula is C22H24N4O. The first-order chi connectivity index (χ1) is 13.2. The van der Waals surface area contributed by atoms with Gasteiger partial charge in [0.05, 0.1) is 19.8 Å². The Morgan fingerprint density at radius 2 is 2.19 bits per heavy atom. The Kier molecular flexibility index (Phi) is 4.04. The number of rotatable bonds is 2. The lowest BCUT2D eigenvalue weighted by Gasteiger charge is -2.33. The third kappa shape index (κ3) is 2.77. The van der Waals surface area contributed by atoms with Crippen LogP contribution in [0.5, 0.6) is 0 Å². The summed E-state index contributed by atoms with van der Waals surface area (Å²) < 4.78 is 5.90. The van der Waals surface area contributed by atoms with Crippen LogP contribution in [0.1, 0.15) is 29.0 Å². The predicted molar refractivity (Wildman–Crippen MR) is 108 cm³/mol. The van der Waals surface area contributed by atoms with Crippen LogP contribution in [0.2, 0.25) is 0 Å². The molecule has 2 aromatic carbocycles. The van der Waals surface area contributed by atoms with Gasteiger partial charge in [0, 0.05) is 47.7 Å². The summed E-state index contributed by atoms with van der Waals surface area (Å²) in [5, 5.41) is 7.14. The summed E-state index contributed by atoms with van der Waals surface area (Å²) >= 11 is 0. The molecule has 0 saturated carbocycles. The molecule has 0 amide bonds. The zero-order valence-electron chi connectivity index (χ0n) is 15.6. The third-order valence-corrected chi connectivity index (χ3v) is 6.09. The number of hydrogen-bond acceptors (Lipinski definition) is 4. The molecule has 0 unspecified atom stereocenters. The van der Waals surface area contributed by atoms with Gasteiger partial charge in [-0.05, 0) is 55.3 Å². The molecule has 0 aliphatic carbocycles. The zero-order valence-corrected chi connectivity index (χ0v) is 15.6. The van der Waals surface area contributed by atoms with Crippen LogP contribution in [0, 0.1) is 13.5 Å². The average molecular weight is 360 g/mol. The van der Waals surface area contributed by atoms with E-state index in [-0.39, 0.29) is 0 Å². The fourth-order valence-corrected chi connectivity index (χ4v) is 4.88. The Bertz CT molecular complexity index is 933. The lowest BCUT2D eigenvalue weighted by Crippen LogP contribution is -2.44. The molecule has 0 spiro atoms. The minimum atomic E-state index is 0.554. The van der Waals surface area contributed by atoms with Gasteiger partial charge in [-0.15, -0.1) is 0 Å². The van der Waals surface area contributed by atoms with Crippen LogP contribution in [0.15, 0.2) is 30.3 Å². The van der Waals surface area contributed by atoms with E-state index in [9.17, 15) is 0 Å². The molecule has 5 nitrogen and oxygen atoms in total. The van der Waals surface area contributed by atoms with E-state index in [1.807, 2.05) is 25.1 Å². The van der Waals surface area contributed by atoms with Crippen LogP contribution < -0.4 is 15.5 Å². The number of nitrogens with one attached hydrogen (secondary N) is 2. The van der Waals surface area contributed by atoms with Gasteiger partial charge < -0.3 is 20.3 Å². The highest BCUT2D eigenvalue weighted by atomic mass is 16.5. The van der Waals surface area contributed by atoms with Gasteiger partial charge in [0.2, 0.25) is 0 Å². The Labute approximate surface area is 160 Å². The van der Waals surface area contributed by atoms with E-state index in [1.54, 1.807) is 0 Å². The van der Waals surface area contributed by atoms with Gasteiger partial charge in [0.1, 0.15) is 0 Å². The Balaban J connectivity index is 1.54. The summed E-state index contributed by atoms with van der Waals surface area (Å²) in [6.07, 6.45) is 1.19. The SMILES string of the molecule is [C-]#[N+]c1ccc(Nc2cc3c4c(c2)[C@@H]2CNCC[C@@H]2N4CCOC3)cc1C. The van der Waals surface area contributed by atoms with Crippen LogP contribution in [-0.4, -0.2) is 32.3 Å². The number of piperidine rings is 1. The average Bonchev–Trinajstić information content (AvgIpc) is 2.83. The number of ether oxygens (including phenoxy) is 1. The van der Waals surface area contributed by atoms with Crippen molar-refractivity contribution >= 4 is 22.7 Å². The molecule has 27 heavy (non-hydrogen) atoms. The van der Waals surface area contributed by atoms with Gasteiger partial charge in [-0.2, -0.15) is 0 Å². The van der Waals surface area contributed by atoms with E-state index >= 15 is 0 Å². The lowest BCUT2D eigenvalue weighted by atomic mass is 9.89. The van der Waals surface area contributed by atoms with E-state index in [0.717, 1.165) is 43.2 Å². The molecule has 1 saturated heterocycles. The van der Waals surface area contributed by atoms with Crippen molar-refractivity contribution < 1.29 is 4.74 Å². The number of fused-ring (bicyclic) bond motifs is 3. The van der Waals surface area contributed by atoms with Crippen LogP contribution in [0.3, 0.4) is 0 Å². The van der Waals surface area contributed by atoms with Gasteiger partial charge in [0.25, 0.3) is 0 Å². The third-order valence-electron chi connectivity index (χ3n) is 6.09. The molecule has 2 aromatic rings. The molecule has 5 rings (SSSR count). The molecule has 138 valence electrons. The number of aryl methyl sites for hydroxylation is 1. The maximum atomic E-state index is 7.23. The monoisotopic (exact) mass is 360 g/mol. The fraction of sp³-hybridized carbons (Fsp3) is 0.409. The van der Waals surface area contributed by atoms with Gasteiger partial charge in [-0.25, -0.2) is 4.85 Å². The Morgan fingerprint density at radius 3 is 3.04 bits per heavy atom. The highest BCUT2D eigenvalue weighted by molar-refractivity contribution is 5.75. The minimum Gasteiger partial charge on any atom is -0.375 e. The number of hydrogen-bond donors (Lipinski definition) is 2. The highest BCUT2D eigenvalue weighted by Gasteiger charge is 2.41. The van der Waals surface area contributed by atoms with Crippen molar-refractivity contribution in [1.29, 1.82) is 0 Å². The van der Waals surface area contributed by atoms with Crippen molar-refractivity contribution in [2.45, 2.75) is 31.9 Å². The Morgan fingerprint density at radius 1 is 1.26 bits per heavy atom. The molecule has 1 fully saturated rings. The van der Waals surface area contributed by atoms with Crippen molar-refractivity contribution in [2.24, 2.45) is 0 Å². The van der Waals surface area contributed by atoms with Crippen LogP contribution in [-0.2, 0) is 11.3 Å². The highest BCUT2D eigenvalue weighted by Crippen LogP contribution is 2.47. The van der Waals surface area contributed by atoms with E-state index in [2.05, 4.69) is 32.5 Å². The summed E-state index contributed by atoms with van der Waals surface area (Å²) in [4.78, 5) is 6.16. The van der Waals surface area contributed by atoms with Gasteiger partial charge in [0.15, 0.2) is 5.69 Å². The summed E-state index contributed by atoms with van der Waals surface area (Å²) in [6, 6.07) is 11.1. The molecule has 3 heterocycles. The maximum Gasteiger partial charge on any atom is 0.190 e. The van der Waals surface area contributed by atoms with Crippen molar-refractivity contribution in [3.63, 3.8) is 0 Å². The first kappa shape index (κ1) is 16.6. The molecular weight excluding hydrogens is 336 g/mol. The second-order valence-corrected chi connectivity index (χ2v) is 7.72. The molecule has 3 aliphatic heterocycles. The largest absolute Gasteiger partial charge is 0.375 e. The molecule has 2 atom stereocenters. The van der Waals surface area contributed by atoms with Gasteiger partial charge in [-0.1, -0.05) is 6.07 Å². The molecule has 5 heteroatoms. The summed E-state index contributed by atoms with van der Waals surface area (Å²) in [5.41, 5.74) is 7.99. The van der Waals surface area contributed by atoms with Crippen molar-refractivity contribution in [3.05, 3.63) is 58.4 Å².